The number of hydrogen-bond acceptors (Lipinski definition) is 2. The zero-order valence-electron chi connectivity index (χ0n) is 7.82. The Balaban J connectivity index is 2.58. The number of nitrogens with zero attached hydrogens (tertiary/aromatic N) is 1. The number of hydrogen-bond donors (Lipinski definition) is 0. The molecule has 1 aromatic carbocycles. The van der Waals surface area contributed by atoms with Gasteiger partial charge >= 0.3 is 0 Å². The van der Waals surface area contributed by atoms with Gasteiger partial charge in [-0.25, -0.2) is 0 Å². The Labute approximate surface area is 82.4 Å². The monoisotopic (exact) mass is 183 g/mol. The minimum Gasteiger partial charge on any atom is -0.464 e. The molecule has 2 heteroatoms. The lowest BCUT2D eigenvalue weighted by atomic mass is 10.0. The summed E-state index contributed by atoms with van der Waals surface area (Å²) in [6.07, 6.45) is 1.63. The summed E-state index contributed by atoms with van der Waals surface area (Å²) in [5.74, 6) is 0.805. The van der Waals surface area contributed by atoms with Crippen molar-refractivity contribution < 1.29 is 4.42 Å². The zero-order chi connectivity index (χ0) is 9.97. The van der Waals surface area contributed by atoms with Gasteiger partial charge in [-0.1, -0.05) is 6.07 Å². The Bertz CT molecular complexity index is 478. The van der Waals surface area contributed by atoms with Gasteiger partial charge in [0.2, 0.25) is 0 Å². The number of benzene rings is 1. The minimum absolute atomic E-state index is 0.655. The van der Waals surface area contributed by atoms with Crippen LogP contribution in [0.4, 0.5) is 0 Å². The summed E-state index contributed by atoms with van der Waals surface area (Å²) in [5, 5.41) is 8.77. The second-order valence-corrected chi connectivity index (χ2v) is 3.12. The Morgan fingerprint density at radius 2 is 2.14 bits per heavy atom. The molecule has 0 saturated carbocycles. The molecule has 0 unspecified atom stereocenters. The van der Waals surface area contributed by atoms with Gasteiger partial charge in [-0.15, -0.1) is 0 Å². The lowest BCUT2D eigenvalue weighted by Crippen LogP contribution is -1.83. The molecular formula is C12H9NO. The molecule has 0 N–H and O–H groups in total. The second-order valence-electron chi connectivity index (χ2n) is 3.12. The third-order valence-corrected chi connectivity index (χ3v) is 2.15. The van der Waals surface area contributed by atoms with Gasteiger partial charge in [-0.05, 0) is 36.8 Å². The molecule has 2 nitrogen and oxygen atoms in total. The average molecular weight is 183 g/mol. The Kier molecular flexibility index (Phi) is 2.08. The molecule has 0 bridgehead atoms. The topological polar surface area (TPSA) is 36.9 Å². The molecule has 0 spiro atoms. The fourth-order valence-electron chi connectivity index (χ4n) is 1.39. The highest BCUT2D eigenvalue weighted by molar-refractivity contribution is 5.63. The lowest BCUT2D eigenvalue weighted by molar-refractivity contribution is 0.582. The molecule has 2 rings (SSSR count). The van der Waals surface area contributed by atoms with Crippen molar-refractivity contribution in [3.05, 3.63) is 47.7 Å². The number of furan rings is 1. The fourth-order valence-corrected chi connectivity index (χ4v) is 1.39. The van der Waals surface area contributed by atoms with E-state index in [4.69, 9.17) is 9.68 Å². The van der Waals surface area contributed by atoms with E-state index in [9.17, 15) is 0 Å². The molecule has 0 aliphatic carbocycles. The summed E-state index contributed by atoms with van der Waals surface area (Å²) in [5.41, 5.74) is 2.75. The van der Waals surface area contributed by atoms with Gasteiger partial charge in [0, 0.05) is 5.56 Å². The summed E-state index contributed by atoms with van der Waals surface area (Å²) < 4.78 is 5.29. The minimum atomic E-state index is 0.655. The molecule has 2 aromatic rings. The van der Waals surface area contributed by atoms with Gasteiger partial charge in [-0.2, -0.15) is 5.26 Å². The van der Waals surface area contributed by atoms with E-state index in [0.29, 0.717) is 5.56 Å². The molecular weight excluding hydrogens is 174 g/mol. The third-order valence-electron chi connectivity index (χ3n) is 2.15. The first kappa shape index (κ1) is 8.58. The van der Waals surface area contributed by atoms with E-state index in [1.165, 1.54) is 0 Å². The van der Waals surface area contributed by atoms with E-state index in [2.05, 4.69) is 6.07 Å². The van der Waals surface area contributed by atoms with Crippen LogP contribution in [0.3, 0.4) is 0 Å². The van der Waals surface area contributed by atoms with Crippen molar-refractivity contribution in [2.45, 2.75) is 6.92 Å². The number of aryl methyl sites for hydroxylation is 1. The number of nitriles is 1. The van der Waals surface area contributed by atoms with Crippen molar-refractivity contribution in [3.63, 3.8) is 0 Å². The van der Waals surface area contributed by atoms with Gasteiger partial charge in [0.05, 0.1) is 17.9 Å². The molecule has 1 heterocycles. The predicted octanol–water partition coefficient (Wildman–Crippen LogP) is 3.13. The van der Waals surface area contributed by atoms with Gasteiger partial charge < -0.3 is 4.42 Å². The summed E-state index contributed by atoms with van der Waals surface area (Å²) in [6.45, 7) is 2.00. The molecule has 0 atom stereocenters. The first-order valence-electron chi connectivity index (χ1n) is 4.36. The van der Waals surface area contributed by atoms with Crippen LogP contribution in [0.2, 0.25) is 0 Å². The predicted molar refractivity (Wildman–Crippen MR) is 53.6 cm³/mol. The first-order chi connectivity index (χ1) is 6.81. The highest BCUT2D eigenvalue weighted by Gasteiger charge is 2.04. The molecule has 0 aliphatic heterocycles. The molecule has 68 valence electrons. The van der Waals surface area contributed by atoms with Crippen molar-refractivity contribution in [3.8, 4) is 17.4 Å². The van der Waals surface area contributed by atoms with Crippen LogP contribution in [0, 0.1) is 18.3 Å². The Hall–Kier alpha value is -2.01. The van der Waals surface area contributed by atoms with Crippen LogP contribution in [0.15, 0.2) is 41.0 Å². The van der Waals surface area contributed by atoms with E-state index in [1.54, 1.807) is 6.26 Å². The van der Waals surface area contributed by atoms with Crippen LogP contribution in [0.25, 0.3) is 11.3 Å². The molecule has 1 aromatic heterocycles. The molecule has 14 heavy (non-hydrogen) atoms. The van der Waals surface area contributed by atoms with E-state index in [1.807, 2.05) is 37.3 Å². The smallest absolute Gasteiger partial charge is 0.134 e. The first-order valence-corrected chi connectivity index (χ1v) is 4.36. The average Bonchev–Trinajstić information content (AvgIpc) is 2.71. The van der Waals surface area contributed by atoms with Crippen molar-refractivity contribution in [2.75, 3.05) is 0 Å². The molecule has 0 radical (unpaired) electrons. The third kappa shape index (κ3) is 1.40. The molecule has 0 aliphatic rings. The summed E-state index contributed by atoms with van der Waals surface area (Å²) >= 11 is 0. The SMILES string of the molecule is Cc1ccc(C#N)cc1-c1ccco1. The van der Waals surface area contributed by atoms with Crippen molar-refractivity contribution >= 4 is 0 Å². The van der Waals surface area contributed by atoms with Crippen LogP contribution in [0.5, 0.6) is 0 Å². The lowest BCUT2D eigenvalue weighted by Gasteiger charge is -2.01. The summed E-state index contributed by atoms with van der Waals surface area (Å²) in [4.78, 5) is 0. The second kappa shape index (κ2) is 3.39. The maximum Gasteiger partial charge on any atom is 0.134 e. The summed E-state index contributed by atoms with van der Waals surface area (Å²) in [6, 6.07) is 11.4. The standard InChI is InChI=1S/C12H9NO/c1-9-4-5-10(8-13)7-11(9)12-3-2-6-14-12/h2-7H,1H3. The van der Waals surface area contributed by atoms with E-state index in [-0.39, 0.29) is 0 Å². The fraction of sp³-hybridized carbons (Fsp3) is 0.0833. The molecule has 0 saturated heterocycles. The summed E-state index contributed by atoms with van der Waals surface area (Å²) in [7, 11) is 0. The normalized spacial score (nSPS) is 9.71. The van der Waals surface area contributed by atoms with Crippen molar-refractivity contribution in [1.29, 1.82) is 5.26 Å². The van der Waals surface area contributed by atoms with Crippen LogP contribution in [0.1, 0.15) is 11.1 Å². The Morgan fingerprint density at radius 1 is 1.29 bits per heavy atom. The largest absolute Gasteiger partial charge is 0.464 e. The van der Waals surface area contributed by atoms with E-state index in [0.717, 1.165) is 16.9 Å². The number of rotatable bonds is 1. The van der Waals surface area contributed by atoms with Crippen molar-refractivity contribution in [2.24, 2.45) is 0 Å². The van der Waals surface area contributed by atoms with Crippen molar-refractivity contribution in [1.82, 2.24) is 0 Å². The van der Waals surface area contributed by atoms with Gasteiger partial charge in [0.25, 0.3) is 0 Å². The quantitative estimate of drug-likeness (QED) is 0.681. The van der Waals surface area contributed by atoms with E-state index >= 15 is 0 Å². The van der Waals surface area contributed by atoms with Gasteiger partial charge in [0.1, 0.15) is 5.76 Å². The van der Waals surface area contributed by atoms with Gasteiger partial charge in [-0.3, -0.25) is 0 Å². The zero-order valence-corrected chi connectivity index (χ0v) is 7.82. The van der Waals surface area contributed by atoms with Gasteiger partial charge in [0.15, 0.2) is 0 Å². The highest BCUT2D eigenvalue weighted by atomic mass is 16.3. The maximum atomic E-state index is 8.77. The molecule has 0 fully saturated rings. The van der Waals surface area contributed by atoms with E-state index < -0.39 is 0 Å². The maximum absolute atomic E-state index is 8.77. The van der Waals surface area contributed by atoms with Crippen LogP contribution >= 0.6 is 0 Å². The van der Waals surface area contributed by atoms with Crippen LogP contribution in [-0.4, -0.2) is 0 Å². The Morgan fingerprint density at radius 3 is 2.79 bits per heavy atom. The highest BCUT2D eigenvalue weighted by Crippen LogP contribution is 2.24. The van der Waals surface area contributed by atoms with Crippen LogP contribution < -0.4 is 0 Å². The van der Waals surface area contributed by atoms with Crippen LogP contribution in [-0.2, 0) is 0 Å². The molecule has 0 amide bonds.